The van der Waals surface area contributed by atoms with Gasteiger partial charge in [0.1, 0.15) is 0 Å². The van der Waals surface area contributed by atoms with Crippen LogP contribution in [0.25, 0.3) is 0 Å². The first-order valence-corrected chi connectivity index (χ1v) is 11.8. The van der Waals surface area contributed by atoms with Gasteiger partial charge in [-0.1, -0.05) is 66.2 Å². The van der Waals surface area contributed by atoms with E-state index in [0.717, 1.165) is 39.1 Å². The number of ether oxygens (including phenoxy) is 4. The van der Waals surface area contributed by atoms with Crippen LogP contribution in [0, 0.1) is 5.92 Å². The minimum absolute atomic E-state index is 0.108. The summed E-state index contributed by atoms with van der Waals surface area (Å²) in [5.41, 5.74) is 0. The van der Waals surface area contributed by atoms with E-state index in [0.29, 0.717) is 12.5 Å². The van der Waals surface area contributed by atoms with Crippen LogP contribution in [0.5, 0.6) is 0 Å². The van der Waals surface area contributed by atoms with Crippen molar-refractivity contribution in [2.24, 2.45) is 5.92 Å². The highest BCUT2D eigenvalue weighted by atomic mass is 16.7. The molecule has 5 heteroatoms. The van der Waals surface area contributed by atoms with Gasteiger partial charge in [-0.15, -0.1) is 0 Å². The van der Waals surface area contributed by atoms with Gasteiger partial charge in [0.15, 0.2) is 12.6 Å². The van der Waals surface area contributed by atoms with Crippen molar-refractivity contribution >= 4 is 0 Å². The molecule has 1 aliphatic heterocycles. The first kappa shape index (κ1) is 25.8. The number of nitrogens with one attached hydrogen (secondary N) is 1. The monoisotopic (exact) mass is 401 g/mol. The second kappa shape index (κ2) is 16.6. The zero-order chi connectivity index (χ0) is 20.6. The predicted octanol–water partition coefficient (Wildman–Crippen LogP) is 5.27. The van der Waals surface area contributed by atoms with Crippen molar-refractivity contribution in [3.05, 3.63) is 0 Å². The van der Waals surface area contributed by atoms with E-state index in [1.54, 1.807) is 0 Å². The van der Waals surface area contributed by atoms with Gasteiger partial charge in [-0.05, 0) is 32.1 Å². The van der Waals surface area contributed by atoms with Gasteiger partial charge in [-0.3, -0.25) is 0 Å². The molecule has 0 aromatic heterocycles. The Bertz CT molecular complexity index is 339. The molecule has 1 rings (SSSR count). The topological polar surface area (TPSA) is 49.0 Å². The SMILES string of the molecule is CCCCCCOC(CNC(C)C1OCCC(C(C)C)O1)OCCCCCC. The number of hydrogen-bond donors (Lipinski definition) is 1. The Kier molecular flexibility index (Phi) is 15.3. The van der Waals surface area contributed by atoms with Gasteiger partial charge in [-0.25, -0.2) is 0 Å². The van der Waals surface area contributed by atoms with E-state index in [4.69, 9.17) is 18.9 Å². The maximum absolute atomic E-state index is 6.13. The molecule has 0 radical (unpaired) electrons. The highest BCUT2D eigenvalue weighted by molar-refractivity contribution is 4.74. The van der Waals surface area contributed by atoms with Gasteiger partial charge >= 0.3 is 0 Å². The molecule has 1 N–H and O–H groups in total. The fourth-order valence-corrected chi connectivity index (χ4v) is 3.36. The fourth-order valence-electron chi connectivity index (χ4n) is 3.36. The standard InChI is InChI=1S/C23H47NO4/c1-6-8-10-12-15-25-22(26-16-13-11-9-7-2)18-24-20(5)23-27-17-14-21(28-23)19(3)4/h19-24H,6-18H2,1-5H3. The van der Waals surface area contributed by atoms with Crippen LogP contribution in [-0.4, -0.2) is 51.1 Å². The van der Waals surface area contributed by atoms with Crippen LogP contribution in [0.3, 0.4) is 0 Å². The van der Waals surface area contributed by atoms with Crippen LogP contribution in [-0.2, 0) is 18.9 Å². The highest BCUT2D eigenvalue weighted by Crippen LogP contribution is 2.21. The Hall–Kier alpha value is -0.200. The summed E-state index contributed by atoms with van der Waals surface area (Å²) in [6.45, 7) is 14.0. The Morgan fingerprint density at radius 1 is 0.893 bits per heavy atom. The molecule has 5 nitrogen and oxygen atoms in total. The van der Waals surface area contributed by atoms with Crippen molar-refractivity contribution in [1.82, 2.24) is 5.32 Å². The Morgan fingerprint density at radius 3 is 2.04 bits per heavy atom. The zero-order valence-corrected chi connectivity index (χ0v) is 19.2. The third-order valence-electron chi connectivity index (χ3n) is 5.35. The maximum atomic E-state index is 6.13. The summed E-state index contributed by atoms with van der Waals surface area (Å²) in [6, 6.07) is 0.108. The Morgan fingerprint density at radius 2 is 1.50 bits per heavy atom. The van der Waals surface area contributed by atoms with E-state index < -0.39 is 0 Å². The molecule has 0 aromatic carbocycles. The summed E-state index contributed by atoms with van der Waals surface area (Å²) < 4.78 is 24.0. The lowest BCUT2D eigenvalue weighted by Crippen LogP contribution is -2.49. The lowest BCUT2D eigenvalue weighted by Gasteiger charge is -2.36. The molecule has 0 amide bonds. The molecular weight excluding hydrogens is 354 g/mol. The average Bonchev–Trinajstić information content (AvgIpc) is 2.70. The normalized spacial score (nSPS) is 21.5. The molecule has 1 saturated heterocycles. The van der Waals surface area contributed by atoms with Crippen LogP contribution in [0.4, 0.5) is 0 Å². The first-order valence-electron chi connectivity index (χ1n) is 11.8. The summed E-state index contributed by atoms with van der Waals surface area (Å²) in [7, 11) is 0. The number of rotatable bonds is 17. The van der Waals surface area contributed by atoms with E-state index >= 15 is 0 Å². The minimum Gasteiger partial charge on any atom is -0.351 e. The van der Waals surface area contributed by atoms with Gasteiger partial charge in [-0.2, -0.15) is 0 Å². The zero-order valence-electron chi connectivity index (χ0n) is 19.2. The molecule has 168 valence electrons. The smallest absolute Gasteiger partial charge is 0.172 e. The Labute approximate surface area is 174 Å². The van der Waals surface area contributed by atoms with Gasteiger partial charge < -0.3 is 24.3 Å². The highest BCUT2D eigenvalue weighted by Gasteiger charge is 2.29. The van der Waals surface area contributed by atoms with Crippen molar-refractivity contribution in [3.63, 3.8) is 0 Å². The number of unbranched alkanes of at least 4 members (excludes halogenated alkanes) is 6. The van der Waals surface area contributed by atoms with Crippen molar-refractivity contribution in [3.8, 4) is 0 Å². The second-order valence-electron chi connectivity index (χ2n) is 8.44. The molecule has 0 saturated carbocycles. The van der Waals surface area contributed by atoms with Gasteiger partial charge in [0, 0.05) is 19.8 Å². The average molecular weight is 402 g/mol. The van der Waals surface area contributed by atoms with Crippen LogP contribution < -0.4 is 5.32 Å². The minimum atomic E-state index is -0.199. The van der Waals surface area contributed by atoms with Crippen LogP contribution in [0.1, 0.15) is 92.4 Å². The number of hydrogen-bond acceptors (Lipinski definition) is 5. The summed E-state index contributed by atoms with van der Waals surface area (Å²) in [5, 5.41) is 3.52. The van der Waals surface area contributed by atoms with Crippen molar-refractivity contribution in [2.45, 2.75) is 117 Å². The van der Waals surface area contributed by atoms with Crippen LogP contribution >= 0.6 is 0 Å². The summed E-state index contributed by atoms with van der Waals surface area (Å²) in [5.74, 6) is 0.518. The fraction of sp³-hybridized carbons (Fsp3) is 1.00. The van der Waals surface area contributed by atoms with E-state index in [2.05, 4.69) is 39.9 Å². The van der Waals surface area contributed by atoms with Gasteiger partial charge in [0.2, 0.25) is 0 Å². The predicted molar refractivity (Wildman–Crippen MR) is 116 cm³/mol. The molecule has 3 unspecified atom stereocenters. The molecule has 1 heterocycles. The summed E-state index contributed by atoms with van der Waals surface area (Å²) >= 11 is 0. The molecular formula is C23H47NO4. The van der Waals surface area contributed by atoms with Crippen molar-refractivity contribution in [1.29, 1.82) is 0 Å². The van der Waals surface area contributed by atoms with Crippen molar-refractivity contribution < 1.29 is 18.9 Å². The van der Waals surface area contributed by atoms with E-state index in [-0.39, 0.29) is 24.7 Å². The molecule has 0 aromatic rings. The third-order valence-corrected chi connectivity index (χ3v) is 5.35. The molecule has 1 fully saturated rings. The lowest BCUT2D eigenvalue weighted by atomic mass is 10.0. The van der Waals surface area contributed by atoms with E-state index in [1.165, 1.54) is 38.5 Å². The third kappa shape index (κ3) is 11.7. The van der Waals surface area contributed by atoms with Crippen LogP contribution in [0.2, 0.25) is 0 Å². The largest absolute Gasteiger partial charge is 0.351 e. The molecule has 0 bridgehead atoms. The van der Waals surface area contributed by atoms with Gasteiger partial charge in [0.25, 0.3) is 0 Å². The Balaban J connectivity index is 2.35. The van der Waals surface area contributed by atoms with E-state index in [1.807, 2.05) is 0 Å². The summed E-state index contributed by atoms with van der Waals surface area (Å²) in [4.78, 5) is 0. The quantitative estimate of drug-likeness (QED) is 0.266. The van der Waals surface area contributed by atoms with Gasteiger partial charge in [0.05, 0.1) is 18.8 Å². The molecule has 1 aliphatic rings. The molecule has 3 atom stereocenters. The lowest BCUT2D eigenvalue weighted by molar-refractivity contribution is -0.233. The van der Waals surface area contributed by atoms with Crippen LogP contribution in [0.15, 0.2) is 0 Å². The summed E-state index contributed by atoms with van der Waals surface area (Å²) in [6.07, 6.45) is 10.6. The molecule has 0 spiro atoms. The molecule has 28 heavy (non-hydrogen) atoms. The second-order valence-corrected chi connectivity index (χ2v) is 8.44. The van der Waals surface area contributed by atoms with Crippen molar-refractivity contribution in [2.75, 3.05) is 26.4 Å². The molecule has 0 aliphatic carbocycles. The van der Waals surface area contributed by atoms with E-state index in [9.17, 15) is 0 Å². The first-order chi connectivity index (χ1) is 13.6. The maximum Gasteiger partial charge on any atom is 0.172 e.